The third-order valence-electron chi connectivity index (χ3n) is 2.70. The number of hydrogen-bond donors (Lipinski definition) is 1. The normalized spacial score (nSPS) is 16.9. The lowest BCUT2D eigenvalue weighted by Crippen LogP contribution is -2.51. The van der Waals surface area contributed by atoms with Gasteiger partial charge in [-0.1, -0.05) is 11.6 Å². The van der Waals surface area contributed by atoms with Crippen LogP contribution in [0.3, 0.4) is 0 Å². The quantitative estimate of drug-likeness (QED) is 0.655. The van der Waals surface area contributed by atoms with Crippen LogP contribution >= 0.6 is 22.9 Å². The molecule has 2 aromatic rings. The maximum absolute atomic E-state index is 11.3. The average Bonchev–Trinajstić information content (AvgIpc) is 2.75. The van der Waals surface area contributed by atoms with Crippen molar-refractivity contribution in [2.75, 3.05) is 13.1 Å². The van der Waals surface area contributed by atoms with Crippen LogP contribution in [-0.4, -0.2) is 39.8 Å². The molecule has 3 heterocycles. The van der Waals surface area contributed by atoms with Crippen molar-refractivity contribution in [1.82, 2.24) is 20.2 Å². The van der Waals surface area contributed by atoms with Gasteiger partial charge in [-0.2, -0.15) is 0 Å². The molecule has 0 aliphatic carbocycles. The van der Waals surface area contributed by atoms with Gasteiger partial charge >= 0.3 is 0 Å². The van der Waals surface area contributed by atoms with Crippen LogP contribution in [0.5, 0.6) is 0 Å². The maximum atomic E-state index is 11.3. The predicted octanol–water partition coefficient (Wildman–Crippen LogP) is 0.803. The summed E-state index contributed by atoms with van der Waals surface area (Å²) in [7, 11) is 0. The van der Waals surface area contributed by atoms with Gasteiger partial charge in [-0.3, -0.25) is 19.8 Å². The standard InChI is InChI=1S/C11H9ClN4O2S/c12-10-6-1-2-19-11(6)14-7(13-10)3-16-4-8(17)15-9(18)5-16/h1-2H,3-5H2,(H,15,17,18). The number of aromatic nitrogens is 2. The molecule has 0 bridgehead atoms. The van der Waals surface area contributed by atoms with Gasteiger partial charge in [0, 0.05) is 5.39 Å². The molecule has 6 nitrogen and oxygen atoms in total. The van der Waals surface area contributed by atoms with Crippen LogP contribution in [0.1, 0.15) is 5.82 Å². The molecule has 2 aromatic heterocycles. The second kappa shape index (κ2) is 4.84. The zero-order chi connectivity index (χ0) is 13.4. The van der Waals surface area contributed by atoms with Gasteiger partial charge in [-0.15, -0.1) is 11.3 Å². The molecular formula is C11H9ClN4O2S. The van der Waals surface area contributed by atoms with E-state index in [-0.39, 0.29) is 24.9 Å². The number of nitrogens with one attached hydrogen (secondary N) is 1. The van der Waals surface area contributed by atoms with E-state index in [0.29, 0.717) is 17.5 Å². The van der Waals surface area contributed by atoms with Gasteiger partial charge in [0.15, 0.2) is 0 Å². The van der Waals surface area contributed by atoms with Gasteiger partial charge in [-0.05, 0) is 11.4 Å². The molecule has 3 rings (SSSR count). The Bertz CT molecular complexity index is 656. The van der Waals surface area contributed by atoms with Crippen LogP contribution < -0.4 is 5.32 Å². The number of rotatable bonds is 2. The van der Waals surface area contributed by atoms with E-state index >= 15 is 0 Å². The monoisotopic (exact) mass is 296 g/mol. The van der Waals surface area contributed by atoms with Gasteiger partial charge in [0.1, 0.15) is 15.8 Å². The highest BCUT2D eigenvalue weighted by Gasteiger charge is 2.23. The first-order chi connectivity index (χ1) is 9.11. The van der Waals surface area contributed by atoms with Crippen LogP contribution in [-0.2, 0) is 16.1 Å². The van der Waals surface area contributed by atoms with E-state index in [1.165, 1.54) is 11.3 Å². The number of piperazine rings is 1. The van der Waals surface area contributed by atoms with E-state index in [4.69, 9.17) is 11.6 Å². The number of nitrogens with zero attached hydrogens (tertiary/aromatic N) is 3. The van der Waals surface area contributed by atoms with Crippen molar-refractivity contribution in [2.45, 2.75) is 6.54 Å². The Kier molecular flexibility index (Phi) is 3.17. The SMILES string of the molecule is O=C1CN(Cc2nc(Cl)c3ccsc3n2)CC(=O)N1. The largest absolute Gasteiger partial charge is 0.294 e. The van der Waals surface area contributed by atoms with Crippen molar-refractivity contribution < 1.29 is 9.59 Å². The summed E-state index contributed by atoms with van der Waals surface area (Å²) in [6.45, 7) is 0.650. The Labute approximate surface area is 117 Å². The lowest BCUT2D eigenvalue weighted by atomic mass is 10.3. The Morgan fingerprint density at radius 3 is 2.79 bits per heavy atom. The number of amides is 2. The van der Waals surface area contributed by atoms with Gasteiger partial charge in [-0.25, -0.2) is 9.97 Å². The highest BCUT2D eigenvalue weighted by Crippen LogP contribution is 2.25. The minimum Gasteiger partial charge on any atom is -0.294 e. The highest BCUT2D eigenvalue weighted by atomic mass is 35.5. The van der Waals surface area contributed by atoms with Crippen molar-refractivity contribution in [3.8, 4) is 0 Å². The number of thiophene rings is 1. The molecule has 1 fully saturated rings. The minimum atomic E-state index is -0.306. The Morgan fingerprint density at radius 1 is 1.32 bits per heavy atom. The number of carbonyl (C=O) groups is 2. The summed E-state index contributed by atoms with van der Waals surface area (Å²) in [5.41, 5.74) is 0. The average molecular weight is 297 g/mol. The maximum Gasteiger partial charge on any atom is 0.240 e. The van der Waals surface area contributed by atoms with Gasteiger partial charge in [0.05, 0.1) is 19.6 Å². The summed E-state index contributed by atoms with van der Waals surface area (Å²) < 4.78 is 0. The molecule has 0 saturated carbocycles. The molecule has 8 heteroatoms. The fourth-order valence-electron chi connectivity index (χ4n) is 1.94. The smallest absolute Gasteiger partial charge is 0.240 e. The van der Waals surface area contributed by atoms with E-state index in [1.807, 2.05) is 11.4 Å². The van der Waals surface area contributed by atoms with Gasteiger partial charge in [0.2, 0.25) is 11.8 Å². The first-order valence-corrected chi connectivity index (χ1v) is 6.82. The van der Waals surface area contributed by atoms with Crippen LogP contribution in [0.15, 0.2) is 11.4 Å². The van der Waals surface area contributed by atoms with E-state index in [2.05, 4.69) is 15.3 Å². The molecule has 0 spiro atoms. The Balaban J connectivity index is 1.84. The predicted molar refractivity (Wildman–Crippen MR) is 70.9 cm³/mol. The topological polar surface area (TPSA) is 75.2 Å². The van der Waals surface area contributed by atoms with E-state index in [1.54, 1.807) is 4.90 Å². The summed E-state index contributed by atoms with van der Waals surface area (Å²) >= 11 is 7.55. The van der Waals surface area contributed by atoms with Gasteiger partial charge < -0.3 is 0 Å². The molecule has 1 aliphatic heterocycles. The number of imide groups is 1. The van der Waals surface area contributed by atoms with Crippen molar-refractivity contribution in [3.63, 3.8) is 0 Å². The van der Waals surface area contributed by atoms with Crippen molar-refractivity contribution in [1.29, 1.82) is 0 Å². The number of fused-ring (bicyclic) bond motifs is 1. The zero-order valence-corrected chi connectivity index (χ0v) is 11.3. The molecule has 19 heavy (non-hydrogen) atoms. The molecule has 1 N–H and O–H groups in total. The third-order valence-corrected chi connectivity index (χ3v) is 3.80. The molecule has 2 amide bonds. The lowest BCUT2D eigenvalue weighted by molar-refractivity contribution is -0.136. The Hall–Kier alpha value is -1.57. The summed E-state index contributed by atoms with van der Waals surface area (Å²) in [4.78, 5) is 33.6. The zero-order valence-electron chi connectivity index (χ0n) is 9.72. The third kappa shape index (κ3) is 2.58. The molecule has 0 aromatic carbocycles. The fourth-order valence-corrected chi connectivity index (χ4v) is 3.03. The molecule has 1 aliphatic rings. The summed E-state index contributed by atoms with van der Waals surface area (Å²) in [6.07, 6.45) is 0. The fraction of sp³-hybridized carbons (Fsp3) is 0.273. The lowest BCUT2D eigenvalue weighted by Gasteiger charge is -2.24. The van der Waals surface area contributed by atoms with Crippen LogP contribution in [0.4, 0.5) is 0 Å². The second-order valence-corrected chi connectivity index (χ2v) is 5.44. The number of halogens is 1. The van der Waals surface area contributed by atoms with E-state index < -0.39 is 0 Å². The summed E-state index contributed by atoms with van der Waals surface area (Å²) in [5, 5.41) is 5.36. The molecule has 0 atom stereocenters. The van der Waals surface area contributed by atoms with Crippen LogP contribution in [0.25, 0.3) is 10.2 Å². The summed E-state index contributed by atoms with van der Waals surface area (Å²) in [6, 6.07) is 1.87. The number of hydrogen-bond acceptors (Lipinski definition) is 6. The molecule has 0 radical (unpaired) electrons. The Morgan fingerprint density at radius 2 is 2.05 bits per heavy atom. The van der Waals surface area contributed by atoms with Crippen molar-refractivity contribution in [2.24, 2.45) is 0 Å². The van der Waals surface area contributed by atoms with Crippen molar-refractivity contribution >= 4 is 45.0 Å². The minimum absolute atomic E-state index is 0.162. The molecule has 98 valence electrons. The van der Waals surface area contributed by atoms with E-state index in [9.17, 15) is 9.59 Å². The second-order valence-electron chi connectivity index (χ2n) is 4.19. The molecule has 0 unspecified atom stereocenters. The summed E-state index contributed by atoms with van der Waals surface area (Å²) in [5.74, 6) is -0.0958. The van der Waals surface area contributed by atoms with Gasteiger partial charge in [0.25, 0.3) is 0 Å². The number of carbonyl (C=O) groups excluding carboxylic acids is 2. The molecular weight excluding hydrogens is 288 g/mol. The van der Waals surface area contributed by atoms with Crippen molar-refractivity contribution in [3.05, 3.63) is 22.4 Å². The molecule has 1 saturated heterocycles. The van der Waals surface area contributed by atoms with Crippen LogP contribution in [0, 0.1) is 0 Å². The first-order valence-electron chi connectivity index (χ1n) is 5.56. The van der Waals surface area contributed by atoms with E-state index in [0.717, 1.165) is 10.2 Å². The highest BCUT2D eigenvalue weighted by molar-refractivity contribution is 7.16. The first kappa shape index (κ1) is 12.5. The van der Waals surface area contributed by atoms with Crippen LogP contribution in [0.2, 0.25) is 5.15 Å².